The molecular formula is C54H52N4O6S2. The number of imidazole rings is 2. The molecule has 0 aliphatic heterocycles. The third kappa shape index (κ3) is 12.2. The minimum Gasteiger partial charge on any atom is -0.494 e. The second-order valence-corrected chi connectivity index (χ2v) is 15.9. The standard InChI is InChI=1S/2C27H26N2O3S/c1-31-26(30)10-6-3-7-17-32-23-15-16-25-24(18-23)28-27(21-8-4-2-5-9-21)29(25)22-13-11-20(19-33)12-14-22;1-31-26(30)10-6-3-7-17-32-23-15-16-24-25(18-23)29(22-13-11-20(19-33)12-14-22)27(28-24)21-8-4-2-5-9-21/h2*2,4-5,8-9,11-16,18-19H,3,6-7,10,17H2,1H3. The van der Waals surface area contributed by atoms with E-state index in [4.69, 9.17) is 43.9 Å². The van der Waals surface area contributed by atoms with Gasteiger partial charge in [-0.25, -0.2) is 9.97 Å². The first kappa shape index (κ1) is 47.0. The van der Waals surface area contributed by atoms with E-state index in [0.717, 1.165) is 117 Å². The van der Waals surface area contributed by atoms with E-state index in [2.05, 4.69) is 73.2 Å². The normalized spacial score (nSPS) is 10.8. The monoisotopic (exact) mass is 916 g/mol. The molecule has 336 valence electrons. The van der Waals surface area contributed by atoms with Crippen LogP contribution in [0.4, 0.5) is 0 Å². The number of hydrogen-bond acceptors (Lipinski definition) is 10. The lowest BCUT2D eigenvalue weighted by atomic mass is 10.2. The second kappa shape index (κ2) is 23.8. The summed E-state index contributed by atoms with van der Waals surface area (Å²) in [5.74, 6) is 3.01. The van der Waals surface area contributed by atoms with Crippen molar-refractivity contribution in [3.8, 4) is 45.6 Å². The Morgan fingerprint density at radius 2 is 0.955 bits per heavy atom. The fourth-order valence-corrected chi connectivity index (χ4v) is 7.78. The first-order chi connectivity index (χ1) is 32.4. The van der Waals surface area contributed by atoms with Crippen LogP contribution in [0.25, 0.3) is 56.2 Å². The number of rotatable bonds is 20. The van der Waals surface area contributed by atoms with Gasteiger partial charge in [0.1, 0.15) is 23.1 Å². The van der Waals surface area contributed by atoms with Crippen molar-refractivity contribution in [1.82, 2.24) is 19.1 Å². The number of thiocarbonyl (C=S) groups is 2. The van der Waals surface area contributed by atoms with Gasteiger partial charge in [0.2, 0.25) is 0 Å². The highest BCUT2D eigenvalue weighted by molar-refractivity contribution is 7.79. The van der Waals surface area contributed by atoms with Crippen LogP contribution in [0.2, 0.25) is 0 Å². The molecule has 8 rings (SSSR count). The number of nitrogens with zero attached hydrogens (tertiary/aromatic N) is 4. The lowest BCUT2D eigenvalue weighted by molar-refractivity contribution is -0.141. The van der Waals surface area contributed by atoms with Crippen LogP contribution in [0.1, 0.15) is 62.5 Å². The molecule has 0 amide bonds. The van der Waals surface area contributed by atoms with Crippen LogP contribution >= 0.6 is 24.4 Å². The highest BCUT2D eigenvalue weighted by atomic mass is 32.1. The van der Waals surface area contributed by atoms with E-state index in [0.29, 0.717) is 26.1 Å². The zero-order valence-electron chi connectivity index (χ0n) is 37.1. The number of fused-ring (bicyclic) bond motifs is 2. The van der Waals surface area contributed by atoms with Crippen molar-refractivity contribution in [2.45, 2.75) is 51.4 Å². The molecule has 0 unspecified atom stereocenters. The van der Waals surface area contributed by atoms with Gasteiger partial charge in [-0.3, -0.25) is 18.7 Å². The lowest BCUT2D eigenvalue weighted by Crippen LogP contribution is -2.01. The van der Waals surface area contributed by atoms with E-state index in [1.54, 1.807) is 10.7 Å². The van der Waals surface area contributed by atoms with Gasteiger partial charge in [0, 0.05) is 58.2 Å². The molecule has 0 fully saturated rings. The average Bonchev–Trinajstić information content (AvgIpc) is 3.95. The summed E-state index contributed by atoms with van der Waals surface area (Å²) in [4.78, 5) is 32.3. The van der Waals surface area contributed by atoms with Crippen LogP contribution in [-0.2, 0) is 19.1 Å². The van der Waals surface area contributed by atoms with Gasteiger partial charge >= 0.3 is 11.9 Å². The number of ether oxygens (including phenoxy) is 4. The van der Waals surface area contributed by atoms with Gasteiger partial charge in [-0.05, 0) is 98.2 Å². The van der Waals surface area contributed by atoms with Crippen molar-refractivity contribution in [2.24, 2.45) is 0 Å². The Morgan fingerprint density at radius 1 is 0.500 bits per heavy atom. The highest BCUT2D eigenvalue weighted by Crippen LogP contribution is 2.33. The van der Waals surface area contributed by atoms with Crippen molar-refractivity contribution in [3.05, 3.63) is 157 Å². The van der Waals surface area contributed by atoms with Gasteiger partial charge in [0.05, 0.1) is 49.5 Å². The Morgan fingerprint density at radius 3 is 1.44 bits per heavy atom. The Labute approximate surface area is 396 Å². The quantitative estimate of drug-likeness (QED) is 0.0417. The van der Waals surface area contributed by atoms with Gasteiger partial charge in [-0.2, -0.15) is 0 Å². The third-order valence-electron chi connectivity index (χ3n) is 10.9. The summed E-state index contributed by atoms with van der Waals surface area (Å²) < 4.78 is 25.6. The van der Waals surface area contributed by atoms with Crippen LogP contribution in [-0.4, -0.2) is 69.2 Å². The Kier molecular flexibility index (Phi) is 16.9. The number of methoxy groups -OCH3 is 2. The number of carbonyl (C=O) groups excluding carboxylic acids is 2. The molecule has 0 radical (unpaired) electrons. The molecule has 0 saturated carbocycles. The van der Waals surface area contributed by atoms with E-state index in [9.17, 15) is 9.59 Å². The van der Waals surface area contributed by atoms with Crippen molar-refractivity contribution in [3.63, 3.8) is 0 Å². The maximum Gasteiger partial charge on any atom is 0.305 e. The van der Waals surface area contributed by atoms with Gasteiger partial charge in [0.15, 0.2) is 0 Å². The molecule has 0 atom stereocenters. The average molecular weight is 917 g/mol. The molecule has 2 heterocycles. The molecule has 6 aromatic carbocycles. The van der Waals surface area contributed by atoms with E-state index in [1.165, 1.54) is 14.2 Å². The fraction of sp³-hybridized carbons (Fsp3) is 0.222. The Balaban J connectivity index is 0.000000196. The summed E-state index contributed by atoms with van der Waals surface area (Å²) in [5, 5.41) is 3.35. The molecule has 12 heteroatoms. The number of esters is 2. The second-order valence-electron chi connectivity index (χ2n) is 15.5. The third-order valence-corrected chi connectivity index (χ3v) is 11.5. The van der Waals surface area contributed by atoms with Gasteiger partial charge in [-0.15, -0.1) is 0 Å². The minimum atomic E-state index is -0.164. The van der Waals surface area contributed by atoms with Crippen LogP contribution in [0.15, 0.2) is 146 Å². The van der Waals surface area contributed by atoms with Crippen LogP contribution in [0, 0.1) is 0 Å². The van der Waals surface area contributed by atoms with Crippen molar-refractivity contribution < 1.29 is 28.5 Å². The molecule has 0 saturated heterocycles. The van der Waals surface area contributed by atoms with E-state index in [-0.39, 0.29) is 11.9 Å². The molecule has 0 spiro atoms. The van der Waals surface area contributed by atoms with Crippen molar-refractivity contribution in [2.75, 3.05) is 27.4 Å². The number of benzene rings is 6. The Bertz CT molecular complexity index is 2820. The molecule has 10 nitrogen and oxygen atoms in total. The summed E-state index contributed by atoms with van der Waals surface area (Å²) in [6, 6.07) is 48.6. The smallest absolute Gasteiger partial charge is 0.305 e. The zero-order valence-corrected chi connectivity index (χ0v) is 38.8. The highest BCUT2D eigenvalue weighted by Gasteiger charge is 2.17. The predicted octanol–water partition coefficient (Wildman–Crippen LogP) is 12.3. The summed E-state index contributed by atoms with van der Waals surface area (Å²) in [6.45, 7) is 1.19. The number of aromatic nitrogens is 4. The maximum atomic E-state index is 11.2. The van der Waals surface area contributed by atoms with Crippen molar-refractivity contribution >= 4 is 69.2 Å². The van der Waals surface area contributed by atoms with Gasteiger partial charge in [0.25, 0.3) is 0 Å². The first-order valence-electron chi connectivity index (χ1n) is 22.1. The van der Waals surface area contributed by atoms with Crippen LogP contribution < -0.4 is 9.47 Å². The molecule has 66 heavy (non-hydrogen) atoms. The van der Waals surface area contributed by atoms with Gasteiger partial charge < -0.3 is 18.9 Å². The fourth-order valence-electron chi connectivity index (χ4n) is 7.46. The molecule has 0 aliphatic rings. The summed E-state index contributed by atoms with van der Waals surface area (Å²) >= 11 is 10.1. The molecule has 8 aromatic rings. The lowest BCUT2D eigenvalue weighted by Gasteiger charge is -2.11. The summed E-state index contributed by atoms with van der Waals surface area (Å²) in [6.07, 6.45) is 6.11. The number of carbonyl (C=O) groups is 2. The zero-order chi connectivity index (χ0) is 46.1. The predicted molar refractivity (Wildman–Crippen MR) is 270 cm³/mol. The first-order valence-corrected chi connectivity index (χ1v) is 23.0. The molecule has 0 aliphatic carbocycles. The van der Waals surface area contributed by atoms with E-state index >= 15 is 0 Å². The maximum absolute atomic E-state index is 11.2. The Hall–Kier alpha value is -7.02. The topological polar surface area (TPSA) is 107 Å². The molecule has 0 bridgehead atoms. The van der Waals surface area contributed by atoms with Crippen molar-refractivity contribution in [1.29, 1.82) is 0 Å². The largest absolute Gasteiger partial charge is 0.494 e. The number of unbranched alkanes of at least 4 members (excludes halogenated alkanes) is 4. The molecule has 2 aromatic heterocycles. The summed E-state index contributed by atoms with van der Waals surface area (Å²) in [5.41, 5.74) is 9.88. The van der Waals surface area contributed by atoms with E-state index in [1.807, 2.05) is 91.0 Å². The summed E-state index contributed by atoms with van der Waals surface area (Å²) in [7, 11) is 2.84. The van der Waals surface area contributed by atoms with Crippen LogP contribution in [0.5, 0.6) is 11.5 Å². The van der Waals surface area contributed by atoms with Crippen LogP contribution in [0.3, 0.4) is 0 Å². The minimum absolute atomic E-state index is 0.164. The SMILES string of the molecule is COC(=O)CCCCCOc1ccc2c(c1)nc(-c1ccccc1)n2-c1ccc(C=S)cc1.COC(=O)CCCCCOc1ccc2nc(-c3ccccc3)n(-c3ccc(C=S)cc3)c2c1. The van der Waals surface area contributed by atoms with E-state index < -0.39 is 0 Å². The molecule has 0 N–H and O–H groups in total. The molecular weight excluding hydrogens is 865 g/mol. The number of hydrogen-bond donors (Lipinski definition) is 0. The van der Waals surface area contributed by atoms with Gasteiger partial charge in [-0.1, -0.05) is 109 Å².